The molecule has 2 heterocycles. The minimum Gasteiger partial charge on any atom is -0.464 e. The summed E-state index contributed by atoms with van der Waals surface area (Å²) >= 11 is 0. The van der Waals surface area contributed by atoms with E-state index >= 15 is 0 Å². The maximum atomic E-state index is 12.7. The number of unbranched alkanes of at least 4 members (excludes halogenated alkanes) is 1. The summed E-state index contributed by atoms with van der Waals surface area (Å²) in [4.78, 5) is 17.7. The fourth-order valence-corrected chi connectivity index (χ4v) is 3.98. The van der Waals surface area contributed by atoms with Gasteiger partial charge in [0.2, 0.25) is 0 Å². The quantitative estimate of drug-likeness (QED) is 0.603. The molecule has 4 heteroatoms. The number of fused-ring (bicyclic) bond motifs is 1. The SMILES string of the molecule is Cc1ccc2occ(CCCCN3CCN(c4ccccc4)CC3)c(=O)c2c1. The molecule has 0 bridgehead atoms. The molecule has 1 fully saturated rings. The monoisotopic (exact) mass is 376 g/mol. The van der Waals surface area contributed by atoms with Crippen molar-refractivity contribution < 1.29 is 4.42 Å². The Balaban J connectivity index is 1.25. The van der Waals surface area contributed by atoms with Crippen molar-refractivity contribution in [2.45, 2.75) is 26.2 Å². The molecule has 3 aromatic rings. The van der Waals surface area contributed by atoms with Crippen LogP contribution in [0.15, 0.2) is 64.0 Å². The molecule has 0 amide bonds. The number of aryl methyl sites for hydroxylation is 2. The Hall–Kier alpha value is -2.59. The number of rotatable bonds is 6. The topological polar surface area (TPSA) is 36.7 Å². The maximum absolute atomic E-state index is 12.7. The Morgan fingerprint density at radius 2 is 1.75 bits per heavy atom. The molecule has 28 heavy (non-hydrogen) atoms. The molecule has 1 saturated heterocycles. The fraction of sp³-hybridized carbons (Fsp3) is 0.375. The van der Waals surface area contributed by atoms with E-state index in [0.29, 0.717) is 11.0 Å². The zero-order chi connectivity index (χ0) is 19.3. The van der Waals surface area contributed by atoms with Gasteiger partial charge >= 0.3 is 0 Å². The van der Waals surface area contributed by atoms with Gasteiger partial charge in [0.05, 0.1) is 11.6 Å². The molecule has 1 aliphatic rings. The molecule has 4 nitrogen and oxygen atoms in total. The van der Waals surface area contributed by atoms with E-state index in [2.05, 4.69) is 40.1 Å². The summed E-state index contributed by atoms with van der Waals surface area (Å²) in [5.74, 6) is 0. The first kappa shape index (κ1) is 18.8. The van der Waals surface area contributed by atoms with Crippen molar-refractivity contribution in [1.82, 2.24) is 4.90 Å². The van der Waals surface area contributed by atoms with Crippen molar-refractivity contribution in [3.63, 3.8) is 0 Å². The average molecular weight is 377 g/mol. The molecule has 2 aromatic carbocycles. The number of anilines is 1. The van der Waals surface area contributed by atoms with Crippen molar-refractivity contribution in [3.8, 4) is 0 Å². The summed E-state index contributed by atoms with van der Waals surface area (Å²) in [6.07, 6.45) is 4.56. The molecule has 0 aliphatic carbocycles. The standard InChI is InChI=1S/C24H28N2O2/c1-19-10-11-23-22(17-19)24(27)20(18-28-23)7-5-6-12-25-13-15-26(16-14-25)21-8-3-2-4-9-21/h2-4,8-11,17-18H,5-7,12-16H2,1H3. The second-order valence-electron chi connectivity index (χ2n) is 7.71. The van der Waals surface area contributed by atoms with Crippen LogP contribution < -0.4 is 10.3 Å². The molecule has 1 aromatic heterocycles. The van der Waals surface area contributed by atoms with Gasteiger partial charge in [-0.2, -0.15) is 0 Å². The molecule has 0 atom stereocenters. The Bertz CT molecular complexity index is 973. The molecule has 0 radical (unpaired) electrons. The third-order valence-corrected chi connectivity index (χ3v) is 5.66. The second kappa shape index (κ2) is 8.61. The van der Waals surface area contributed by atoms with E-state index in [0.717, 1.165) is 63.1 Å². The van der Waals surface area contributed by atoms with Crippen LogP contribution in [0.1, 0.15) is 24.0 Å². The molecule has 146 valence electrons. The minimum atomic E-state index is 0.126. The molecule has 0 spiro atoms. The summed E-state index contributed by atoms with van der Waals surface area (Å²) in [5.41, 5.74) is 4.01. The van der Waals surface area contributed by atoms with Crippen LogP contribution >= 0.6 is 0 Å². The Morgan fingerprint density at radius 3 is 2.54 bits per heavy atom. The van der Waals surface area contributed by atoms with E-state index in [1.807, 2.05) is 25.1 Å². The molecular weight excluding hydrogens is 348 g/mol. The lowest BCUT2D eigenvalue weighted by Gasteiger charge is -2.36. The number of nitrogens with zero attached hydrogens (tertiary/aromatic N) is 2. The van der Waals surface area contributed by atoms with Gasteiger partial charge in [-0.15, -0.1) is 0 Å². The third kappa shape index (κ3) is 4.28. The smallest absolute Gasteiger partial charge is 0.195 e. The van der Waals surface area contributed by atoms with E-state index < -0.39 is 0 Å². The molecule has 4 rings (SSSR count). The summed E-state index contributed by atoms with van der Waals surface area (Å²) in [5, 5.41) is 0.703. The zero-order valence-corrected chi connectivity index (χ0v) is 16.6. The lowest BCUT2D eigenvalue weighted by molar-refractivity contribution is 0.253. The van der Waals surface area contributed by atoms with Gasteiger partial charge < -0.3 is 9.32 Å². The highest BCUT2D eigenvalue weighted by Crippen LogP contribution is 2.17. The van der Waals surface area contributed by atoms with Crippen LogP contribution in [0.3, 0.4) is 0 Å². The van der Waals surface area contributed by atoms with E-state index in [-0.39, 0.29) is 5.43 Å². The zero-order valence-electron chi connectivity index (χ0n) is 16.6. The van der Waals surface area contributed by atoms with Gasteiger partial charge in [0.15, 0.2) is 5.43 Å². The summed E-state index contributed by atoms with van der Waals surface area (Å²) in [6.45, 7) is 7.47. The molecular formula is C24H28N2O2. The molecule has 0 N–H and O–H groups in total. The van der Waals surface area contributed by atoms with Crippen LogP contribution in [-0.4, -0.2) is 37.6 Å². The van der Waals surface area contributed by atoms with Crippen molar-refractivity contribution in [2.24, 2.45) is 0 Å². The predicted molar refractivity (Wildman–Crippen MR) is 115 cm³/mol. The number of hydrogen-bond acceptors (Lipinski definition) is 4. The minimum absolute atomic E-state index is 0.126. The number of hydrogen-bond donors (Lipinski definition) is 0. The average Bonchev–Trinajstić information content (AvgIpc) is 2.74. The Labute approximate surface area is 166 Å². The second-order valence-corrected chi connectivity index (χ2v) is 7.71. The summed E-state index contributed by atoms with van der Waals surface area (Å²) < 4.78 is 5.66. The number of benzene rings is 2. The van der Waals surface area contributed by atoms with Crippen molar-refractivity contribution in [2.75, 3.05) is 37.6 Å². The predicted octanol–water partition coefficient (Wildman–Crippen LogP) is 4.25. The molecule has 1 aliphatic heterocycles. The Kier molecular flexibility index (Phi) is 5.77. The van der Waals surface area contributed by atoms with Crippen LogP contribution in [0.25, 0.3) is 11.0 Å². The van der Waals surface area contributed by atoms with Gasteiger partial charge in [0.25, 0.3) is 0 Å². The van der Waals surface area contributed by atoms with Gasteiger partial charge in [-0.25, -0.2) is 0 Å². The first-order chi connectivity index (χ1) is 13.7. The summed E-state index contributed by atoms with van der Waals surface area (Å²) in [6, 6.07) is 16.4. The van der Waals surface area contributed by atoms with Gasteiger partial charge in [0, 0.05) is 37.4 Å². The van der Waals surface area contributed by atoms with Crippen molar-refractivity contribution >= 4 is 16.7 Å². The van der Waals surface area contributed by atoms with Gasteiger partial charge in [-0.1, -0.05) is 29.8 Å². The first-order valence-corrected chi connectivity index (χ1v) is 10.2. The number of para-hydroxylation sites is 1. The van der Waals surface area contributed by atoms with E-state index in [9.17, 15) is 4.79 Å². The number of piperazine rings is 1. The molecule has 0 saturated carbocycles. The fourth-order valence-electron chi connectivity index (χ4n) is 3.98. The van der Waals surface area contributed by atoms with Crippen molar-refractivity contribution in [3.05, 3.63) is 76.1 Å². The van der Waals surface area contributed by atoms with E-state index in [1.54, 1.807) is 6.26 Å². The lowest BCUT2D eigenvalue weighted by atomic mass is 10.1. The van der Waals surface area contributed by atoms with Crippen LogP contribution in [0.2, 0.25) is 0 Å². The largest absolute Gasteiger partial charge is 0.464 e. The van der Waals surface area contributed by atoms with E-state index in [1.165, 1.54) is 5.69 Å². The van der Waals surface area contributed by atoms with Gasteiger partial charge in [-0.3, -0.25) is 9.69 Å². The third-order valence-electron chi connectivity index (χ3n) is 5.66. The first-order valence-electron chi connectivity index (χ1n) is 10.2. The Morgan fingerprint density at radius 1 is 0.964 bits per heavy atom. The van der Waals surface area contributed by atoms with Crippen molar-refractivity contribution in [1.29, 1.82) is 0 Å². The highest BCUT2D eigenvalue weighted by Gasteiger charge is 2.16. The van der Waals surface area contributed by atoms with Crippen LogP contribution in [0.4, 0.5) is 5.69 Å². The van der Waals surface area contributed by atoms with Crippen LogP contribution in [0, 0.1) is 6.92 Å². The highest BCUT2D eigenvalue weighted by atomic mass is 16.3. The maximum Gasteiger partial charge on any atom is 0.195 e. The normalized spacial score (nSPS) is 15.2. The van der Waals surface area contributed by atoms with E-state index in [4.69, 9.17) is 4.42 Å². The van der Waals surface area contributed by atoms with Crippen LogP contribution in [0.5, 0.6) is 0 Å². The van der Waals surface area contributed by atoms with Crippen LogP contribution in [-0.2, 0) is 6.42 Å². The lowest BCUT2D eigenvalue weighted by Crippen LogP contribution is -2.46. The van der Waals surface area contributed by atoms with Gasteiger partial charge in [-0.05, 0) is 57.0 Å². The van der Waals surface area contributed by atoms with Gasteiger partial charge in [0.1, 0.15) is 5.58 Å². The highest BCUT2D eigenvalue weighted by molar-refractivity contribution is 5.77. The summed E-state index contributed by atoms with van der Waals surface area (Å²) in [7, 11) is 0. The molecule has 0 unspecified atom stereocenters.